The molecule has 6 nitrogen and oxygen atoms in total. The standard InChI is InChI=1S/C12H13NO5S2/c1-8(9-4-3-6-18-9)13-20(15,16)10-5-7-19-11(10)12(14)17-2/h3-8,13H,1-2H3/t8-/m0/s1. The van der Waals surface area contributed by atoms with Crippen molar-refractivity contribution in [3.05, 3.63) is 40.5 Å². The molecule has 1 N–H and O–H groups in total. The monoisotopic (exact) mass is 315 g/mol. The van der Waals surface area contributed by atoms with Crippen LogP contribution in [0.3, 0.4) is 0 Å². The summed E-state index contributed by atoms with van der Waals surface area (Å²) in [4.78, 5) is 11.5. The lowest BCUT2D eigenvalue weighted by Crippen LogP contribution is -2.27. The third-order valence-electron chi connectivity index (χ3n) is 2.59. The van der Waals surface area contributed by atoms with Crippen molar-refractivity contribution in [3.63, 3.8) is 0 Å². The molecule has 20 heavy (non-hydrogen) atoms. The second-order valence-electron chi connectivity index (χ2n) is 3.96. The summed E-state index contributed by atoms with van der Waals surface area (Å²) in [7, 11) is -2.62. The van der Waals surface area contributed by atoms with Crippen LogP contribution in [0, 0.1) is 0 Å². The minimum Gasteiger partial charge on any atom is -0.468 e. The second kappa shape index (κ2) is 5.78. The fraction of sp³-hybridized carbons (Fsp3) is 0.250. The molecular formula is C12H13NO5S2. The normalized spacial score (nSPS) is 13.1. The number of carbonyl (C=O) groups is 1. The first-order chi connectivity index (χ1) is 9.45. The van der Waals surface area contributed by atoms with E-state index in [-0.39, 0.29) is 9.77 Å². The number of thiophene rings is 1. The first-order valence-corrected chi connectivity index (χ1v) is 8.03. The number of sulfonamides is 1. The van der Waals surface area contributed by atoms with Gasteiger partial charge < -0.3 is 9.15 Å². The van der Waals surface area contributed by atoms with Crippen LogP contribution in [-0.2, 0) is 14.8 Å². The van der Waals surface area contributed by atoms with Gasteiger partial charge in [-0.1, -0.05) is 0 Å². The van der Waals surface area contributed by atoms with Crippen LogP contribution in [0.1, 0.15) is 28.4 Å². The molecule has 0 radical (unpaired) electrons. The van der Waals surface area contributed by atoms with Crippen LogP contribution in [0.5, 0.6) is 0 Å². The highest BCUT2D eigenvalue weighted by molar-refractivity contribution is 7.89. The molecule has 2 aromatic rings. The molecule has 0 aliphatic rings. The maximum atomic E-state index is 12.3. The highest BCUT2D eigenvalue weighted by Gasteiger charge is 2.26. The number of methoxy groups -OCH3 is 1. The maximum absolute atomic E-state index is 12.3. The van der Waals surface area contributed by atoms with Gasteiger partial charge in [-0.25, -0.2) is 17.9 Å². The molecule has 2 aromatic heterocycles. The number of carbonyl (C=O) groups excluding carboxylic acids is 1. The number of hydrogen-bond acceptors (Lipinski definition) is 6. The summed E-state index contributed by atoms with van der Waals surface area (Å²) in [5.41, 5.74) is 0. The average Bonchev–Trinajstić information content (AvgIpc) is 3.08. The number of hydrogen-bond donors (Lipinski definition) is 1. The first kappa shape index (κ1) is 14.8. The van der Waals surface area contributed by atoms with Gasteiger partial charge in [-0.15, -0.1) is 11.3 Å². The van der Waals surface area contributed by atoms with Crippen molar-refractivity contribution in [2.75, 3.05) is 7.11 Å². The Morgan fingerprint density at radius 2 is 2.20 bits per heavy atom. The van der Waals surface area contributed by atoms with Crippen molar-refractivity contribution < 1.29 is 22.4 Å². The Kier molecular flexibility index (Phi) is 4.26. The molecule has 2 heterocycles. The Balaban J connectivity index is 2.27. The van der Waals surface area contributed by atoms with E-state index in [9.17, 15) is 13.2 Å². The molecule has 0 saturated carbocycles. The predicted octanol–water partition coefficient (Wildman–Crippen LogP) is 2.17. The molecule has 0 fully saturated rings. The van der Waals surface area contributed by atoms with Crippen LogP contribution >= 0.6 is 11.3 Å². The van der Waals surface area contributed by atoms with Crippen molar-refractivity contribution in [1.82, 2.24) is 4.72 Å². The van der Waals surface area contributed by atoms with E-state index in [2.05, 4.69) is 9.46 Å². The molecule has 0 aliphatic heterocycles. The van der Waals surface area contributed by atoms with Gasteiger partial charge >= 0.3 is 5.97 Å². The summed E-state index contributed by atoms with van der Waals surface area (Å²) in [6, 6.07) is 4.17. The zero-order valence-corrected chi connectivity index (χ0v) is 12.5. The van der Waals surface area contributed by atoms with E-state index < -0.39 is 22.0 Å². The van der Waals surface area contributed by atoms with Crippen LogP contribution in [0.25, 0.3) is 0 Å². The molecule has 0 aromatic carbocycles. The number of rotatable bonds is 5. The zero-order valence-electron chi connectivity index (χ0n) is 10.8. The van der Waals surface area contributed by atoms with Crippen molar-refractivity contribution in [1.29, 1.82) is 0 Å². The van der Waals surface area contributed by atoms with E-state index in [1.54, 1.807) is 19.1 Å². The highest BCUT2D eigenvalue weighted by atomic mass is 32.2. The zero-order chi connectivity index (χ0) is 14.8. The number of furan rings is 1. The van der Waals surface area contributed by atoms with E-state index in [1.807, 2.05) is 0 Å². The first-order valence-electron chi connectivity index (χ1n) is 5.67. The summed E-state index contributed by atoms with van der Waals surface area (Å²) in [6.07, 6.45) is 1.46. The summed E-state index contributed by atoms with van der Waals surface area (Å²) in [6.45, 7) is 1.65. The van der Waals surface area contributed by atoms with Crippen LogP contribution in [-0.4, -0.2) is 21.5 Å². The van der Waals surface area contributed by atoms with E-state index in [1.165, 1.54) is 24.8 Å². The number of nitrogens with one attached hydrogen (secondary N) is 1. The Hall–Kier alpha value is -1.64. The Bertz CT molecular complexity index is 687. The van der Waals surface area contributed by atoms with Gasteiger partial charge in [0, 0.05) is 0 Å². The second-order valence-corrected chi connectivity index (χ2v) is 6.56. The Labute approximate surface area is 120 Å². The smallest absolute Gasteiger partial charge is 0.349 e. The van der Waals surface area contributed by atoms with Crippen LogP contribution in [0.2, 0.25) is 0 Å². The molecule has 108 valence electrons. The fourth-order valence-electron chi connectivity index (χ4n) is 1.64. The summed E-state index contributed by atoms with van der Waals surface area (Å²) in [5.74, 6) is -0.186. The third kappa shape index (κ3) is 2.92. The quantitative estimate of drug-likeness (QED) is 0.855. The van der Waals surface area contributed by atoms with Crippen LogP contribution in [0.4, 0.5) is 0 Å². The molecule has 0 spiro atoms. The molecule has 0 amide bonds. The van der Waals surface area contributed by atoms with Gasteiger partial charge in [-0.05, 0) is 30.5 Å². The molecular weight excluding hydrogens is 302 g/mol. The molecule has 1 atom stereocenters. The van der Waals surface area contributed by atoms with Crippen molar-refractivity contribution in [2.24, 2.45) is 0 Å². The highest BCUT2D eigenvalue weighted by Crippen LogP contribution is 2.24. The Morgan fingerprint density at radius 1 is 1.45 bits per heavy atom. The number of ether oxygens (including phenoxy) is 1. The lowest BCUT2D eigenvalue weighted by atomic mass is 10.3. The van der Waals surface area contributed by atoms with Crippen molar-refractivity contribution in [2.45, 2.75) is 17.9 Å². The molecule has 0 unspecified atom stereocenters. The molecule has 0 saturated heterocycles. The number of esters is 1. The van der Waals surface area contributed by atoms with Gasteiger partial charge in [0.1, 0.15) is 15.5 Å². The summed E-state index contributed by atoms with van der Waals surface area (Å²) in [5, 5.41) is 1.53. The molecule has 2 rings (SSSR count). The largest absolute Gasteiger partial charge is 0.468 e. The van der Waals surface area contributed by atoms with Crippen LogP contribution in [0.15, 0.2) is 39.2 Å². The molecule has 0 bridgehead atoms. The Morgan fingerprint density at radius 3 is 2.80 bits per heavy atom. The van der Waals surface area contributed by atoms with Crippen LogP contribution < -0.4 is 4.72 Å². The molecule has 8 heteroatoms. The fourth-order valence-corrected chi connectivity index (χ4v) is 4.19. The summed E-state index contributed by atoms with van der Waals surface area (Å²) >= 11 is 1.02. The SMILES string of the molecule is COC(=O)c1sccc1S(=O)(=O)N[C@@H](C)c1ccco1. The van der Waals surface area contributed by atoms with Gasteiger partial charge in [0.05, 0.1) is 19.4 Å². The van der Waals surface area contributed by atoms with E-state index in [0.717, 1.165) is 11.3 Å². The van der Waals surface area contributed by atoms with Gasteiger partial charge in [-0.2, -0.15) is 0 Å². The van der Waals surface area contributed by atoms with E-state index in [4.69, 9.17) is 4.42 Å². The predicted molar refractivity (Wildman–Crippen MR) is 73.1 cm³/mol. The topological polar surface area (TPSA) is 85.6 Å². The van der Waals surface area contributed by atoms with E-state index in [0.29, 0.717) is 5.76 Å². The summed E-state index contributed by atoms with van der Waals surface area (Å²) < 4.78 is 36.7. The lowest BCUT2D eigenvalue weighted by molar-refractivity contribution is 0.0602. The van der Waals surface area contributed by atoms with Gasteiger partial charge in [-0.3, -0.25) is 0 Å². The van der Waals surface area contributed by atoms with Crippen molar-refractivity contribution >= 4 is 27.3 Å². The van der Waals surface area contributed by atoms with Gasteiger partial charge in [0.2, 0.25) is 10.0 Å². The molecule has 0 aliphatic carbocycles. The maximum Gasteiger partial charge on any atom is 0.349 e. The third-order valence-corrected chi connectivity index (χ3v) is 5.20. The van der Waals surface area contributed by atoms with Gasteiger partial charge in [0.25, 0.3) is 0 Å². The van der Waals surface area contributed by atoms with Crippen molar-refractivity contribution in [3.8, 4) is 0 Å². The minimum absolute atomic E-state index is 0.0478. The minimum atomic E-state index is -3.83. The van der Waals surface area contributed by atoms with E-state index >= 15 is 0 Å². The average molecular weight is 315 g/mol. The lowest BCUT2D eigenvalue weighted by Gasteiger charge is -2.12. The van der Waals surface area contributed by atoms with Gasteiger partial charge in [0.15, 0.2) is 0 Å².